The highest BCUT2D eigenvalue weighted by atomic mass is 35.5. The van der Waals surface area contributed by atoms with E-state index in [1.54, 1.807) is 48.5 Å². The van der Waals surface area contributed by atoms with Crippen LogP contribution in [0.5, 0.6) is 11.5 Å². The zero-order chi connectivity index (χ0) is 25.5. The largest absolute Gasteiger partial charge is 0.475 e. The summed E-state index contributed by atoms with van der Waals surface area (Å²) in [5.74, 6) is -0.180. The lowest BCUT2D eigenvalue weighted by atomic mass is 10.1. The van der Waals surface area contributed by atoms with E-state index in [0.717, 1.165) is 25.7 Å². The third-order valence-electron chi connectivity index (χ3n) is 5.87. The van der Waals surface area contributed by atoms with E-state index in [2.05, 4.69) is 6.92 Å². The summed E-state index contributed by atoms with van der Waals surface area (Å²) in [4.78, 5) is 25.3. The zero-order valence-corrected chi connectivity index (χ0v) is 22.0. The number of carbonyl (C=O) groups is 2. The van der Waals surface area contributed by atoms with Crippen molar-refractivity contribution in [1.82, 2.24) is 0 Å². The first kappa shape index (κ1) is 28.7. The highest BCUT2D eigenvalue weighted by Gasteiger charge is 2.18. The number of hydrogen-bond donors (Lipinski definition) is 0. The summed E-state index contributed by atoms with van der Waals surface area (Å²) in [6.07, 6.45) is 10.1. The van der Waals surface area contributed by atoms with Gasteiger partial charge in [-0.25, -0.2) is 9.59 Å². The molecule has 0 radical (unpaired) electrons. The van der Waals surface area contributed by atoms with Gasteiger partial charge in [-0.3, -0.25) is 0 Å². The molecule has 0 spiro atoms. The first-order valence-corrected chi connectivity index (χ1v) is 13.3. The van der Waals surface area contributed by atoms with Crippen molar-refractivity contribution in [3.8, 4) is 11.5 Å². The molecular weight excluding hydrogens is 464 g/mol. The van der Waals surface area contributed by atoms with Gasteiger partial charge in [-0.2, -0.15) is 0 Å². The molecule has 2 atom stereocenters. The molecular formula is C29H39ClO5. The summed E-state index contributed by atoms with van der Waals surface area (Å²) in [7, 11) is 0. The molecule has 5 nitrogen and oxygen atoms in total. The number of para-hydroxylation sites is 1. The van der Waals surface area contributed by atoms with Crippen LogP contribution in [0.2, 0.25) is 0 Å². The third kappa shape index (κ3) is 10.7. The first-order chi connectivity index (χ1) is 16.9. The number of esters is 2. The van der Waals surface area contributed by atoms with Crippen LogP contribution in [0.3, 0.4) is 0 Å². The molecule has 0 saturated carbocycles. The molecule has 2 aromatic carbocycles. The van der Waals surface area contributed by atoms with Crippen LogP contribution in [0.4, 0.5) is 0 Å². The van der Waals surface area contributed by atoms with Crippen molar-refractivity contribution in [3.05, 3.63) is 59.7 Å². The molecule has 6 heteroatoms. The standard InChI is InChI=1S/C29H39ClO5/c1-4-6-7-8-9-10-11-19-27(30)34-24-16-14-15-23(20-24)28(31)35-26-18-13-12-17-25(26)29(32)33-21-22(3)5-2/h12-18,20,22,27H,4-11,19,21H2,1-3H3/t22-,27?/m0/s1. The highest BCUT2D eigenvalue weighted by Crippen LogP contribution is 2.23. The molecule has 0 aliphatic rings. The molecule has 0 saturated heterocycles. The predicted octanol–water partition coefficient (Wildman–Crippen LogP) is 8.19. The second-order valence-electron chi connectivity index (χ2n) is 8.96. The Balaban J connectivity index is 1.90. The smallest absolute Gasteiger partial charge is 0.343 e. The molecule has 1 unspecified atom stereocenters. The maximum Gasteiger partial charge on any atom is 0.343 e. The second kappa shape index (κ2) is 16.2. The topological polar surface area (TPSA) is 61.8 Å². The average molecular weight is 503 g/mol. The molecule has 2 aromatic rings. The molecule has 0 N–H and O–H groups in total. The Kier molecular flexibility index (Phi) is 13.3. The summed E-state index contributed by atoms with van der Waals surface area (Å²) in [6, 6.07) is 13.3. The van der Waals surface area contributed by atoms with Gasteiger partial charge in [-0.1, -0.05) is 95.5 Å². The Morgan fingerprint density at radius 3 is 2.34 bits per heavy atom. The molecule has 2 rings (SSSR count). The molecule has 192 valence electrons. The Bertz CT molecular complexity index is 913. The van der Waals surface area contributed by atoms with Gasteiger partial charge in [0.25, 0.3) is 0 Å². The number of halogens is 1. The normalized spacial score (nSPS) is 12.6. The SMILES string of the molecule is CCCCCCCCCC(Cl)Oc1cccc(C(=O)Oc2ccccc2C(=O)OC[C@@H](C)CC)c1. The Morgan fingerprint density at radius 1 is 0.886 bits per heavy atom. The Labute approximate surface area is 215 Å². The van der Waals surface area contributed by atoms with Crippen molar-refractivity contribution >= 4 is 23.5 Å². The van der Waals surface area contributed by atoms with Crippen molar-refractivity contribution in [1.29, 1.82) is 0 Å². The van der Waals surface area contributed by atoms with Crippen LogP contribution in [0.25, 0.3) is 0 Å². The number of benzene rings is 2. The minimum absolute atomic E-state index is 0.159. The van der Waals surface area contributed by atoms with Gasteiger partial charge in [-0.05, 0) is 49.1 Å². The monoisotopic (exact) mass is 502 g/mol. The maximum absolute atomic E-state index is 12.8. The van der Waals surface area contributed by atoms with Gasteiger partial charge in [-0.15, -0.1) is 0 Å². The van der Waals surface area contributed by atoms with Crippen molar-refractivity contribution in [2.45, 2.75) is 84.1 Å². The summed E-state index contributed by atoms with van der Waals surface area (Å²) < 4.78 is 16.7. The minimum atomic E-state index is -0.587. The number of rotatable bonds is 16. The molecule has 0 fully saturated rings. The quantitative estimate of drug-likeness (QED) is 0.100. The maximum atomic E-state index is 12.8. The van der Waals surface area contributed by atoms with E-state index in [9.17, 15) is 9.59 Å². The Morgan fingerprint density at radius 2 is 1.60 bits per heavy atom. The number of unbranched alkanes of at least 4 members (excludes halogenated alkanes) is 6. The van der Waals surface area contributed by atoms with Gasteiger partial charge in [0.15, 0.2) is 5.56 Å². The fourth-order valence-corrected chi connectivity index (χ4v) is 3.72. The van der Waals surface area contributed by atoms with Gasteiger partial charge in [0.1, 0.15) is 17.1 Å². The number of alkyl halides is 1. The summed E-state index contributed by atoms with van der Waals surface area (Å²) in [6.45, 7) is 6.58. The van der Waals surface area contributed by atoms with E-state index in [4.69, 9.17) is 25.8 Å². The van der Waals surface area contributed by atoms with Gasteiger partial charge in [0, 0.05) is 0 Å². The highest BCUT2D eigenvalue weighted by molar-refractivity contribution is 6.19. The summed E-state index contributed by atoms with van der Waals surface area (Å²) in [5.41, 5.74) is 0.0649. The fourth-order valence-electron chi connectivity index (χ4n) is 3.46. The zero-order valence-electron chi connectivity index (χ0n) is 21.3. The number of ether oxygens (including phenoxy) is 3. The van der Waals surface area contributed by atoms with Gasteiger partial charge in [0.05, 0.1) is 12.2 Å². The van der Waals surface area contributed by atoms with Crippen molar-refractivity contribution < 1.29 is 23.8 Å². The van der Waals surface area contributed by atoms with E-state index in [1.807, 2.05) is 13.8 Å². The van der Waals surface area contributed by atoms with Crippen molar-refractivity contribution in [2.24, 2.45) is 5.92 Å². The molecule has 0 aromatic heterocycles. The van der Waals surface area contributed by atoms with Crippen LogP contribution in [0, 0.1) is 5.92 Å². The van der Waals surface area contributed by atoms with Crippen LogP contribution in [0.15, 0.2) is 48.5 Å². The molecule has 35 heavy (non-hydrogen) atoms. The van der Waals surface area contributed by atoms with E-state index in [1.165, 1.54) is 32.1 Å². The fraction of sp³-hybridized carbons (Fsp3) is 0.517. The molecule has 0 aliphatic heterocycles. The molecule has 0 aliphatic carbocycles. The number of carbonyl (C=O) groups excluding carboxylic acids is 2. The average Bonchev–Trinajstić information content (AvgIpc) is 2.87. The van der Waals surface area contributed by atoms with Crippen LogP contribution in [-0.2, 0) is 4.74 Å². The van der Waals surface area contributed by atoms with Gasteiger partial charge in [0.2, 0.25) is 0 Å². The minimum Gasteiger partial charge on any atom is -0.475 e. The summed E-state index contributed by atoms with van der Waals surface area (Å²) in [5, 5.41) is 0. The number of hydrogen-bond acceptors (Lipinski definition) is 5. The lowest BCUT2D eigenvalue weighted by Gasteiger charge is -2.14. The van der Waals surface area contributed by atoms with E-state index < -0.39 is 17.5 Å². The Hall–Kier alpha value is -2.53. The first-order valence-electron chi connectivity index (χ1n) is 12.8. The van der Waals surface area contributed by atoms with Crippen LogP contribution < -0.4 is 9.47 Å². The third-order valence-corrected chi connectivity index (χ3v) is 6.18. The van der Waals surface area contributed by atoms with Crippen LogP contribution in [0.1, 0.15) is 99.3 Å². The van der Waals surface area contributed by atoms with Crippen molar-refractivity contribution in [2.75, 3.05) is 6.61 Å². The van der Waals surface area contributed by atoms with E-state index in [0.29, 0.717) is 17.9 Å². The van der Waals surface area contributed by atoms with Crippen molar-refractivity contribution in [3.63, 3.8) is 0 Å². The lowest BCUT2D eigenvalue weighted by molar-refractivity contribution is 0.0442. The van der Waals surface area contributed by atoms with Crippen LogP contribution in [-0.4, -0.2) is 24.1 Å². The molecule has 0 amide bonds. The van der Waals surface area contributed by atoms with E-state index in [-0.39, 0.29) is 17.2 Å². The van der Waals surface area contributed by atoms with Crippen LogP contribution >= 0.6 is 11.6 Å². The molecule has 0 heterocycles. The van der Waals surface area contributed by atoms with E-state index >= 15 is 0 Å². The lowest BCUT2D eigenvalue weighted by Crippen LogP contribution is -2.15. The molecule has 0 bridgehead atoms. The van der Waals surface area contributed by atoms with Gasteiger partial charge < -0.3 is 14.2 Å². The van der Waals surface area contributed by atoms with Gasteiger partial charge >= 0.3 is 11.9 Å². The second-order valence-corrected chi connectivity index (χ2v) is 9.45. The summed E-state index contributed by atoms with van der Waals surface area (Å²) >= 11 is 6.37. The predicted molar refractivity (Wildman–Crippen MR) is 140 cm³/mol.